The van der Waals surface area contributed by atoms with E-state index in [-0.39, 0.29) is 0 Å². The van der Waals surface area contributed by atoms with E-state index >= 15 is 0 Å². The Morgan fingerprint density at radius 1 is 0.870 bits per heavy atom. The molecule has 2 heteroatoms. The highest BCUT2D eigenvalue weighted by Gasteiger charge is 2.30. The molecule has 3 rings (SSSR count). The highest BCUT2D eigenvalue weighted by molar-refractivity contribution is 5.31. The van der Waals surface area contributed by atoms with E-state index in [9.17, 15) is 8.78 Å². The van der Waals surface area contributed by atoms with Crippen LogP contribution in [0.15, 0.2) is 12.1 Å². The maximum atomic E-state index is 13.5. The van der Waals surface area contributed by atoms with Crippen molar-refractivity contribution in [2.24, 2.45) is 17.8 Å². The Morgan fingerprint density at radius 3 is 2.26 bits per heavy atom. The van der Waals surface area contributed by atoms with Gasteiger partial charge in [0.25, 0.3) is 0 Å². The summed E-state index contributed by atoms with van der Waals surface area (Å²) >= 11 is 0. The Kier molecular flexibility index (Phi) is 5.71. The smallest absolute Gasteiger partial charge is 0.159 e. The fourth-order valence-electron chi connectivity index (χ4n) is 4.81. The number of aryl methyl sites for hydroxylation is 1. The van der Waals surface area contributed by atoms with Gasteiger partial charge in [0.2, 0.25) is 0 Å². The van der Waals surface area contributed by atoms with Crippen LogP contribution >= 0.6 is 0 Å². The van der Waals surface area contributed by atoms with Crippen molar-refractivity contribution >= 4 is 0 Å². The van der Waals surface area contributed by atoms with Crippen molar-refractivity contribution < 1.29 is 8.78 Å². The first-order chi connectivity index (χ1) is 11.2. The van der Waals surface area contributed by atoms with Gasteiger partial charge in [0.15, 0.2) is 11.6 Å². The molecular weight excluding hydrogens is 290 g/mol. The molecule has 1 fully saturated rings. The molecule has 0 saturated heterocycles. The van der Waals surface area contributed by atoms with Crippen LogP contribution < -0.4 is 0 Å². The molecule has 0 heterocycles. The van der Waals surface area contributed by atoms with Crippen molar-refractivity contribution in [2.45, 2.75) is 77.6 Å². The van der Waals surface area contributed by atoms with Gasteiger partial charge in [-0.25, -0.2) is 8.78 Å². The van der Waals surface area contributed by atoms with Gasteiger partial charge in [-0.2, -0.15) is 0 Å². The van der Waals surface area contributed by atoms with Crippen molar-refractivity contribution in [2.75, 3.05) is 0 Å². The van der Waals surface area contributed by atoms with Crippen LogP contribution in [0.4, 0.5) is 8.78 Å². The Bertz CT molecular complexity index is 515. The first kappa shape index (κ1) is 16.9. The molecule has 1 aromatic carbocycles. The largest absolute Gasteiger partial charge is 0.204 e. The minimum Gasteiger partial charge on any atom is -0.204 e. The van der Waals surface area contributed by atoms with E-state index in [2.05, 4.69) is 6.92 Å². The Hall–Kier alpha value is -0.920. The number of halogens is 2. The first-order valence-electron chi connectivity index (χ1n) is 9.64. The molecule has 0 aliphatic heterocycles. The Labute approximate surface area is 139 Å². The van der Waals surface area contributed by atoms with Crippen molar-refractivity contribution in [3.05, 3.63) is 34.9 Å². The lowest BCUT2D eigenvalue weighted by Crippen LogP contribution is -2.27. The van der Waals surface area contributed by atoms with Gasteiger partial charge in [-0.15, -0.1) is 0 Å². The average molecular weight is 320 g/mol. The molecule has 0 N–H and O–H groups in total. The summed E-state index contributed by atoms with van der Waals surface area (Å²) in [5.74, 6) is 1.07. The maximum absolute atomic E-state index is 13.5. The second-order valence-electron chi connectivity index (χ2n) is 7.81. The summed E-state index contributed by atoms with van der Waals surface area (Å²) in [6.07, 6.45) is 14.0. The van der Waals surface area contributed by atoms with E-state index in [0.717, 1.165) is 42.2 Å². The molecule has 0 amide bonds. The van der Waals surface area contributed by atoms with Crippen molar-refractivity contribution in [3.8, 4) is 0 Å². The predicted molar refractivity (Wildman–Crippen MR) is 91.5 cm³/mol. The zero-order chi connectivity index (χ0) is 16.2. The van der Waals surface area contributed by atoms with E-state index in [1.807, 2.05) is 0 Å². The summed E-state index contributed by atoms with van der Waals surface area (Å²) in [5.41, 5.74) is 2.10. The summed E-state index contributed by atoms with van der Waals surface area (Å²) in [6, 6.07) is 2.87. The second kappa shape index (κ2) is 7.77. The number of unbranched alkanes of at least 4 members (excludes halogenated alkanes) is 2. The zero-order valence-electron chi connectivity index (χ0n) is 14.4. The van der Waals surface area contributed by atoms with Crippen LogP contribution in [0.5, 0.6) is 0 Å². The van der Waals surface area contributed by atoms with E-state index in [0.29, 0.717) is 5.92 Å². The van der Waals surface area contributed by atoms with E-state index < -0.39 is 11.6 Å². The van der Waals surface area contributed by atoms with Gasteiger partial charge in [-0.05, 0) is 73.1 Å². The molecule has 1 atom stereocenters. The molecule has 1 aromatic rings. The van der Waals surface area contributed by atoms with E-state index in [1.54, 1.807) is 0 Å². The third-order valence-electron chi connectivity index (χ3n) is 6.28. The van der Waals surface area contributed by atoms with Crippen LogP contribution in [0.3, 0.4) is 0 Å². The van der Waals surface area contributed by atoms with Crippen LogP contribution in [0.1, 0.15) is 75.8 Å². The monoisotopic (exact) mass is 320 g/mol. The van der Waals surface area contributed by atoms with Gasteiger partial charge < -0.3 is 0 Å². The van der Waals surface area contributed by atoms with Crippen LogP contribution in [-0.4, -0.2) is 0 Å². The molecule has 0 nitrogen and oxygen atoms in total. The Balaban J connectivity index is 1.53. The average Bonchev–Trinajstić information content (AvgIpc) is 2.56. The third-order valence-corrected chi connectivity index (χ3v) is 6.28. The number of benzene rings is 1. The molecule has 0 aromatic heterocycles. The highest BCUT2D eigenvalue weighted by atomic mass is 19.2. The minimum absolute atomic E-state index is 0.677. The standard InChI is InChI=1S/C21H30F2/c1-2-3-4-5-15-6-8-16(9-7-15)17-10-11-18-13-20(22)21(23)14-19(18)12-17/h13-17H,2-12H2,1H3. The molecule has 128 valence electrons. The minimum atomic E-state index is -0.685. The maximum Gasteiger partial charge on any atom is 0.159 e. The first-order valence-corrected chi connectivity index (χ1v) is 9.64. The van der Waals surface area contributed by atoms with Gasteiger partial charge in [0.05, 0.1) is 0 Å². The summed E-state index contributed by atoms with van der Waals surface area (Å²) in [5, 5.41) is 0. The van der Waals surface area contributed by atoms with Crippen LogP contribution in [0.2, 0.25) is 0 Å². The van der Waals surface area contributed by atoms with Crippen LogP contribution in [0, 0.1) is 29.4 Å². The third kappa shape index (κ3) is 4.14. The topological polar surface area (TPSA) is 0 Å². The van der Waals surface area contributed by atoms with Gasteiger partial charge in [-0.1, -0.05) is 45.4 Å². The van der Waals surface area contributed by atoms with Crippen LogP contribution in [0.25, 0.3) is 0 Å². The molecule has 2 aliphatic carbocycles. The summed E-state index contributed by atoms with van der Waals surface area (Å²) < 4.78 is 26.9. The predicted octanol–water partition coefficient (Wildman–Crippen LogP) is 6.46. The van der Waals surface area contributed by atoms with Gasteiger partial charge in [0.1, 0.15) is 0 Å². The lowest BCUT2D eigenvalue weighted by atomic mass is 9.69. The summed E-state index contributed by atoms with van der Waals surface area (Å²) in [6.45, 7) is 2.27. The van der Waals surface area contributed by atoms with E-state index in [1.165, 1.54) is 63.5 Å². The molecule has 0 bridgehead atoms. The normalized spacial score (nSPS) is 27.7. The molecule has 0 spiro atoms. The van der Waals surface area contributed by atoms with Gasteiger partial charge >= 0.3 is 0 Å². The lowest BCUT2D eigenvalue weighted by Gasteiger charge is -2.36. The molecule has 23 heavy (non-hydrogen) atoms. The molecule has 0 radical (unpaired) electrons. The van der Waals surface area contributed by atoms with E-state index in [4.69, 9.17) is 0 Å². The number of rotatable bonds is 5. The molecule has 1 saturated carbocycles. The fraction of sp³-hybridized carbons (Fsp3) is 0.714. The number of fused-ring (bicyclic) bond motifs is 1. The summed E-state index contributed by atoms with van der Waals surface area (Å²) in [7, 11) is 0. The SMILES string of the molecule is CCCCCC1CCC(C2CCc3cc(F)c(F)cc3C2)CC1. The quantitative estimate of drug-likeness (QED) is 0.546. The van der Waals surface area contributed by atoms with Gasteiger partial charge in [-0.3, -0.25) is 0 Å². The lowest BCUT2D eigenvalue weighted by molar-refractivity contribution is 0.182. The van der Waals surface area contributed by atoms with Crippen LogP contribution in [-0.2, 0) is 12.8 Å². The Morgan fingerprint density at radius 2 is 1.57 bits per heavy atom. The second-order valence-corrected chi connectivity index (χ2v) is 7.81. The summed E-state index contributed by atoms with van der Waals surface area (Å²) in [4.78, 5) is 0. The van der Waals surface area contributed by atoms with Crippen molar-refractivity contribution in [3.63, 3.8) is 0 Å². The van der Waals surface area contributed by atoms with Crippen molar-refractivity contribution in [1.82, 2.24) is 0 Å². The van der Waals surface area contributed by atoms with Gasteiger partial charge in [0, 0.05) is 0 Å². The zero-order valence-corrected chi connectivity index (χ0v) is 14.4. The molecular formula is C21H30F2. The number of hydrogen-bond acceptors (Lipinski definition) is 0. The highest BCUT2D eigenvalue weighted by Crippen LogP contribution is 2.41. The fourth-order valence-corrected chi connectivity index (χ4v) is 4.81. The number of hydrogen-bond donors (Lipinski definition) is 0. The molecule has 2 aliphatic rings. The van der Waals surface area contributed by atoms with Crippen molar-refractivity contribution in [1.29, 1.82) is 0 Å². The molecule has 1 unspecified atom stereocenters.